The number of hydrogen-bond acceptors (Lipinski definition) is 6. The Labute approximate surface area is 193 Å². The molecule has 0 spiro atoms. The molecule has 0 saturated heterocycles. The molecular formula is C25H18N4O3S. The third-order valence-electron chi connectivity index (χ3n) is 5.46. The van der Waals surface area contributed by atoms with Gasteiger partial charge in [0.25, 0.3) is 11.6 Å². The van der Waals surface area contributed by atoms with Crippen LogP contribution in [-0.4, -0.2) is 21.7 Å². The average Bonchev–Trinajstić information content (AvgIpc) is 3.35. The fraction of sp³-hybridized carbons (Fsp3) is 0.0800. The number of nitrogens with zero attached hydrogens (tertiary/aromatic N) is 4. The number of rotatable bonds is 4. The van der Waals surface area contributed by atoms with Gasteiger partial charge in [0.2, 0.25) is 0 Å². The van der Waals surface area contributed by atoms with Crippen LogP contribution in [0.25, 0.3) is 16.3 Å². The highest BCUT2D eigenvalue weighted by molar-refractivity contribution is 7.22. The van der Waals surface area contributed by atoms with Crippen LogP contribution in [0.3, 0.4) is 0 Å². The fourth-order valence-electron chi connectivity index (χ4n) is 3.62. The molecule has 8 heteroatoms. The summed E-state index contributed by atoms with van der Waals surface area (Å²) in [5.41, 5.74) is 4.58. The zero-order valence-electron chi connectivity index (χ0n) is 17.9. The Morgan fingerprint density at radius 1 is 1.00 bits per heavy atom. The molecule has 3 aromatic carbocycles. The van der Waals surface area contributed by atoms with Crippen LogP contribution in [0.5, 0.6) is 0 Å². The lowest BCUT2D eigenvalue weighted by atomic mass is 10.1. The Kier molecular flexibility index (Phi) is 5.07. The number of anilines is 1. The Hall–Kier alpha value is -4.17. The molecule has 0 unspecified atom stereocenters. The van der Waals surface area contributed by atoms with E-state index in [9.17, 15) is 14.9 Å². The molecule has 2 heterocycles. The molecule has 0 saturated carbocycles. The maximum absolute atomic E-state index is 13.5. The van der Waals surface area contributed by atoms with Crippen molar-refractivity contribution in [2.24, 2.45) is 4.99 Å². The number of amidine groups is 1. The van der Waals surface area contributed by atoms with Gasteiger partial charge in [0, 0.05) is 17.7 Å². The SMILES string of the molecule is Cc1cc2nc(N3C(=O)/C(=C/c4cccc([N+](=O)[O-])c4)N=C3c3ccccc3)sc2cc1C. The second-order valence-electron chi connectivity index (χ2n) is 7.72. The molecule has 1 amide bonds. The quantitative estimate of drug-likeness (QED) is 0.226. The van der Waals surface area contributed by atoms with Crippen LogP contribution in [0, 0.1) is 24.0 Å². The van der Waals surface area contributed by atoms with Gasteiger partial charge in [-0.2, -0.15) is 0 Å². The van der Waals surface area contributed by atoms with Crippen molar-refractivity contribution in [1.82, 2.24) is 4.98 Å². The van der Waals surface area contributed by atoms with Crippen molar-refractivity contribution in [3.05, 3.63) is 105 Å². The molecule has 0 fully saturated rings. The number of carbonyl (C=O) groups is 1. The van der Waals surface area contributed by atoms with E-state index in [2.05, 4.69) is 11.1 Å². The highest BCUT2D eigenvalue weighted by atomic mass is 32.1. The van der Waals surface area contributed by atoms with Crippen LogP contribution >= 0.6 is 11.3 Å². The number of hydrogen-bond donors (Lipinski definition) is 0. The van der Waals surface area contributed by atoms with Crippen LogP contribution in [0.2, 0.25) is 0 Å². The van der Waals surface area contributed by atoms with E-state index in [1.165, 1.54) is 28.4 Å². The van der Waals surface area contributed by atoms with Gasteiger partial charge in [-0.15, -0.1) is 0 Å². The maximum Gasteiger partial charge on any atom is 0.284 e. The predicted molar refractivity (Wildman–Crippen MR) is 131 cm³/mol. The number of fused-ring (bicyclic) bond motifs is 1. The van der Waals surface area contributed by atoms with Gasteiger partial charge in [0.15, 0.2) is 5.13 Å². The Morgan fingerprint density at radius 2 is 1.76 bits per heavy atom. The molecule has 5 rings (SSSR count). The molecule has 0 radical (unpaired) electrons. The molecule has 0 bridgehead atoms. The minimum Gasteiger partial charge on any atom is -0.266 e. The molecule has 1 aromatic heterocycles. The van der Waals surface area contributed by atoms with E-state index < -0.39 is 4.92 Å². The van der Waals surface area contributed by atoms with E-state index in [-0.39, 0.29) is 17.3 Å². The van der Waals surface area contributed by atoms with Gasteiger partial charge in [-0.1, -0.05) is 53.8 Å². The maximum atomic E-state index is 13.5. The Balaban J connectivity index is 1.63. The summed E-state index contributed by atoms with van der Waals surface area (Å²) >= 11 is 1.43. The number of nitro benzene ring substituents is 1. The summed E-state index contributed by atoms with van der Waals surface area (Å²) in [5, 5.41) is 11.7. The number of aromatic nitrogens is 1. The first-order chi connectivity index (χ1) is 15.9. The highest BCUT2D eigenvalue weighted by Crippen LogP contribution is 2.35. The van der Waals surface area contributed by atoms with Crippen LogP contribution in [0.15, 0.2) is 77.4 Å². The molecule has 0 N–H and O–H groups in total. The normalized spacial score (nSPS) is 14.8. The minimum absolute atomic E-state index is 0.0455. The van der Waals surface area contributed by atoms with Crippen LogP contribution in [0.1, 0.15) is 22.3 Å². The lowest BCUT2D eigenvalue weighted by Gasteiger charge is -2.14. The van der Waals surface area contributed by atoms with Crippen molar-refractivity contribution in [2.75, 3.05) is 4.90 Å². The van der Waals surface area contributed by atoms with Crippen LogP contribution < -0.4 is 4.90 Å². The Bertz CT molecular complexity index is 1450. The Morgan fingerprint density at radius 3 is 2.52 bits per heavy atom. The molecule has 0 aliphatic carbocycles. The fourth-order valence-corrected chi connectivity index (χ4v) is 4.67. The van der Waals surface area contributed by atoms with Crippen molar-refractivity contribution in [1.29, 1.82) is 0 Å². The summed E-state index contributed by atoms with van der Waals surface area (Å²) in [6.45, 7) is 4.08. The zero-order chi connectivity index (χ0) is 23.1. The van der Waals surface area contributed by atoms with E-state index in [4.69, 9.17) is 4.98 Å². The van der Waals surface area contributed by atoms with Gasteiger partial charge in [0.1, 0.15) is 11.5 Å². The number of amides is 1. The van der Waals surface area contributed by atoms with E-state index in [0.29, 0.717) is 16.5 Å². The standard InChI is InChI=1S/C25H18N4O3S/c1-15-11-20-22(12-16(15)2)33-25(27-20)28-23(18-8-4-3-5-9-18)26-21(24(28)30)14-17-7-6-10-19(13-17)29(31)32/h3-14H,1-2H3/b21-14-. The van der Waals surface area contributed by atoms with Crippen molar-refractivity contribution in [2.45, 2.75) is 13.8 Å². The molecule has 162 valence electrons. The molecule has 1 aliphatic rings. The van der Waals surface area contributed by atoms with E-state index >= 15 is 0 Å². The number of aliphatic imine (C=N–C) groups is 1. The summed E-state index contributed by atoms with van der Waals surface area (Å²) in [6, 6.07) is 19.6. The summed E-state index contributed by atoms with van der Waals surface area (Å²) in [5.74, 6) is 0.151. The third kappa shape index (κ3) is 3.81. The lowest BCUT2D eigenvalue weighted by Crippen LogP contribution is -2.32. The first-order valence-electron chi connectivity index (χ1n) is 10.2. The number of carbonyl (C=O) groups excluding carboxylic acids is 1. The largest absolute Gasteiger partial charge is 0.284 e. The van der Waals surface area contributed by atoms with E-state index in [1.807, 2.05) is 50.2 Å². The van der Waals surface area contributed by atoms with Gasteiger partial charge >= 0.3 is 0 Å². The minimum atomic E-state index is -0.464. The van der Waals surface area contributed by atoms with Gasteiger partial charge < -0.3 is 0 Å². The van der Waals surface area contributed by atoms with Crippen molar-refractivity contribution >= 4 is 50.2 Å². The number of benzene rings is 3. The molecule has 0 atom stereocenters. The molecule has 33 heavy (non-hydrogen) atoms. The van der Waals surface area contributed by atoms with Crippen LogP contribution in [-0.2, 0) is 4.79 Å². The third-order valence-corrected chi connectivity index (χ3v) is 6.46. The smallest absolute Gasteiger partial charge is 0.266 e. The zero-order valence-corrected chi connectivity index (χ0v) is 18.7. The number of thiazole rings is 1. The number of non-ortho nitro benzene ring substituents is 1. The van der Waals surface area contributed by atoms with Gasteiger partial charge in [-0.25, -0.2) is 14.9 Å². The highest BCUT2D eigenvalue weighted by Gasteiger charge is 2.34. The first kappa shape index (κ1) is 20.7. The summed E-state index contributed by atoms with van der Waals surface area (Å²) in [4.78, 5) is 35.0. The molecule has 1 aliphatic heterocycles. The first-order valence-corrected chi connectivity index (χ1v) is 11.0. The van der Waals surface area contributed by atoms with Crippen molar-refractivity contribution in [3.63, 3.8) is 0 Å². The number of aryl methyl sites for hydroxylation is 2. The second kappa shape index (κ2) is 8.07. The van der Waals surface area contributed by atoms with Gasteiger partial charge in [-0.05, 0) is 48.7 Å². The lowest BCUT2D eigenvalue weighted by molar-refractivity contribution is -0.384. The monoisotopic (exact) mass is 454 g/mol. The van der Waals surface area contributed by atoms with Gasteiger partial charge in [-0.3, -0.25) is 14.9 Å². The average molecular weight is 455 g/mol. The van der Waals surface area contributed by atoms with Crippen molar-refractivity contribution < 1.29 is 9.72 Å². The number of nitro groups is 1. The van der Waals surface area contributed by atoms with Crippen LogP contribution in [0.4, 0.5) is 10.8 Å². The van der Waals surface area contributed by atoms with E-state index in [0.717, 1.165) is 26.9 Å². The molecular weight excluding hydrogens is 436 g/mol. The van der Waals surface area contributed by atoms with Gasteiger partial charge in [0.05, 0.1) is 15.1 Å². The molecule has 4 aromatic rings. The van der Waals surface area contributed by atoms with Crippen molar-refractivity contribution in [3.8, 4) is 0 Å². The van der Waals surface area contributed by atoms with E-state index in [1.54, 1.807) is 18.2 Å². The summed E-state index contributed by atoms with van der Waals surface area (Å²) in [6.07, 6.45) is 1.57. The summed E-state index contributed by atoms with van der Waals surface area (Å²) in [7, 11) is 0. The molecule has 7 nitrogen and oxygen atoms in total. The predicted octanol–water partition coefficient (Wildman–Crippen LogP) is 5.66. The topological polar surface area (TPSA) is 88.7 Å². The summed E-state index contributed by atoms with van der Waals surface area (Å²) < 4.78 is 0.990. The second-order valence-corrected chi connectivity index (χ2v) is 8.73.